The van der Waals surface area contributed by atoms with E-state index in [2.05, 4.69) is 15.9 Å². The summed E-state index contributed by atoms with van der Waals surface area (Å²) >= 11 is 3.12. The molecule has 20 heavy (non-hydrogen) atoms. The molecule has 0 spiro atoms. The molecule has 0 bridgehead atoms. The van der Waals surface area contributed by atoms with Crippen molar-refractivity contribution in [3.63, 3.8) is 0 Å². The fourth-order valence-electron chi connectivity index (χ4n) is 1.52. The summed E-state index contributed by atoms with van der Waals surface area (Å²) in [6, 6.07) is 3.57. The van der Waals surface area contributed by atoms with Gasteiger partial charge in [0, 0.05) is 6.04 Å². The Balaban J connectivity index is 2.67. The van der Waals surface area contributed by atoms with Crippen molar-refractivity contribution in [3.8, 4) is 5.75 Å². The molecule has 0 aliphatic heterocycles. The number of hydrogen-bond donors (Lipinski definition) is 1. The van der Waals surface area contributed by atoms with Gasteiger partial charge in [-0.25, -0.2) is 4.39 Å². The predicted molar refractivity (Wildman–Crippen MR) is 74.1 cm³/mol. The number of ether oxygens (including phenoxy) is 1. The number of amides is 1. The highest BCUT2D eigenvalue weighted by Crippen LogP contribution is 2.25. The zero-order valence-electron chi connectivity index (χ0n) is 11.1. The number of halogens is 2. The van der Waals surface area contributed by atoms with Crippen LogP contribution >= 0.6 is 15.9 Å². The van der Waals surface area contributed by atoms with E-state index >= 15 is 0 Å². The molecule has 110 valence electrons. The van der Waals surface area contributed by atoms with E-state index in [1.807, 2.05) is 0 Å². The van der Waals surface area contributed by atoms with Gasteiger partial charge in [-0.15, -0.1) is 0 Å². The molecule has 0 aliphatic rings. The van der Waals surface area contributed by atoms with Crippen LogP contribution < -0.4 is 4.74 Å². The highest BCUT2D eigenvalue weighted by Gasteiger charge is 2.20. The lowest BCUT2D eigenvalue weighted by Crippen LogP contribution is -2.43. The van der Waals surface area contributed by atoms with Gasteiger partial charge in [0.25, 0.3) is 5.91 Å². The first kappa shape index (κ1) is 16.4. The maximum absolute atomic E-state index is 12.9. The van der Waals surface area contributed by atoms with Crippen LogP contribution in [-0.2, 0) is 9.59 Å². The van der Waals surface area contributed by atoms with Gasteiger partial charge in [0.2, 0.25) is 0 Å². The molecule has 0 fully saturated rings. The zero-order valence-corrected chi connectivity index (χ0v) is 12.7. The van der Waals surface area contributed by atoms with E-state index in [-0.39, 0.29) is 19.2 Å². The number of rotatable bonds is 6. The molecule has 0 unspecified atom stereocenters. The number of aliphatic carboxylic acids is 1. The standard InChI is InChI=1S/C13H15BrFNO4/c1-8(2)16(6-13(18)19)12(17)7-20-11-4-3-9(15)5-10(11)14/h3-5,8H,6-7H2,1-2H3,(H,18,19). The molecule has 1 amide bonds. The van der Waals surface area contributed by atoms with Crippen LogP contribution in [0.15, 0.2) is 22.7 Å². The molecule has 7 heteroatoms. The van der Waals surface area contributed by atoms with Crippen molar-refractivity contribution in [2.75, 3.05) is 13.2 Å². The van der Waals surface area contributed by atoms with Gasteiger partial charge in [-0.2, -0.15) is 0 Å². The van der Waals surface area contributed by atoms with Crippen molar-refractivity contribution in [1.29, 1.82) is 0 Å². The number of carboxylic acids is 1. The Kier molecular flexibility index (Phi) is 5.94. The summed E-state index contributed by atoms with van der Waals surface area (Å²) in [5.74, 6) is -1.64. The molecular formula is C13H15BrFNO4. The molecule has 1 rings (SSSR count). The lowest BCUT2D eigenvalue weighted by atomic mass is 10.3. The van der Waals surface area contributed by atoms with Crippen LogP contribution in [0, 0.1) is 5.82 Å². The smallest absolute Gasteiger partial charge is 0.323 e. The minimum absolute atomic E-state index is 0.251. The molecule has 1 aromatic rings. The monoisotopic (exact) mass is 347 g/mol. The normalized spacial score (nSPS) is 10.4. The van der Waals surface area contributed by atoms with E-state index in [9.17, 15) is 14.0 Å². The SMILES string of the molecule is CC(C)N(CC(=O)O)C(=O)COc1ccc(F)cc1Br. The van der Waals surface area contributed by atoms with Gasteiger partial charge in [0.15, 0.2) is 6.61 Å². The fourth-order valence-corrected chi connectivity index (χ4v) is 1.98. The minimum Gasteiger partial charge on any atom is -0.483 e. The van der Waals surface area contributed by atoms with Crippen LogP contribution in [0.5, 0.6) is 5.75 Å². The van der Waals surface area contributed by atoms with Gasteiger partial charge in [0.05, 0.1) is 4.47 Å². The summed E-state index contributed by atoms with van der Waals surface area (Å²) in [6.45, 7) is 2.74. The van der Waals surface area contributed by atoms with Crippen molar-refractivity contribution in [1.82, 2.24) is 4.90 Å². The van der Waals surface area contributed by atoms with Gasteiger partial charge in [-0.3, -0.25) is 9.59 Å². The van der Waals surface area contributed by atoms with Crippen LogP contribution in [0.3, 0.4) is 0 Å². The first-order valence-corrected chi connectivity index (χ1v) is 6.69. The van der Waals surface area contributed by atoms with Crippen molar-refractivity contribution in [2.24, 2.45) is 0 Å². The van der Waals surface area contributed by atoms with Crippen LogP contribution in [0.2, 0.25) is 0 Å². The lowest BCUT2D eigenvalue weighted by Gasteiger charge is -2.24. The number of benzene rings is 1. The van der Waals surface area contributed by atoms with Gasteiger partial charge in [-0.05, 0) is 48.0 Å². The van der Waals surface area contributed by atoms with E-state index in [1.54, 1.807) is 13.8 Å². The van der Waals surface area contributed by atoms with Crippen molar-refractivity contribution < 1.29 is 23.8 Å². The second-order valence-corrected chi connectivity index (χ2v) is 5.23. The summed E-state index contributed by atoms with van der Waals surface area (Å²) < 4.78 is 18.6. The van der Waals surface area contributed by atoms with E-state index < -0.39 is 17.7 Å². The number of hydrogen-bond acceptors (Lipinski definition) is 3. The second kappa shape index (κ2) is 7.23. The molecular weight excluding hydrogens is 333 g/mol. The topological polar surface area (TPSA) is 66.8 Å². The van der Waals surface area contributed by atoms with Gasteiger partial charge in [-0.1, -0.05) is 0 Å². The number of carbonyl (C=O) groups is 2. The summed E-state index contributed by atoms with van der Waals surface area (Å²) in [5.41, 5.74) is 0. The first-order valence-electron chi connectivity index (χ1n) is 5.90. The van der Waals surface area contributed by atoms with Crippen LogP contribution in [0.4, 0.5) is 4.39 Å². The number of carbonyl (C=O) groups excluding carboxylic acids is 1. The Bertz CT molecular complexity index is 507. The quantitative estimate of drug-likeness (QED) is 0.857. The molecule has 0 heterocycles. The Labute approximate surface area is 124 Å². The van der Waals surface area contributed by atoms with Gasteiger partial charge >= 0.3 is 5.97 Å². The van der Waals surface area contributed by atoms with E-state index in [0.717, 1.165) is 0 Å². The van der Waals surface area contributed by atoms with Crippen molar-refractivity contribution >= 4 is 27.8 Å². The molecule has 5 nitrogen and oxygen atoms in total. The molecule has 1 N–H and O–H groups in total. The highest BCUT2D eigenvalue weighted by molar-refractivity contribution is 9.10. The summed E-state index contributed by atoms with van der Waals surface area (Å²) in [5, 5.41) is 8.76. The first-order chi connectivity index (χ1) is 9.31. The van der Waals surface area contributed by atoms with E-state index in [0.29, 0.717) is 10.2 Å². The Hall–Kier alpha value is -1.63. The van der Waals surface area contributed by atoms with Gasteiger partial charge < -0.3 is 14.7 Å². The van der Waals surface area contributed by atoms with Crippen LogP contribution in [-0.4, -0.2) is 41.1 Å². The average Bonchev–Trinajstić information content (AvgIpc) is 2.34. The van der Waals surface area contributed by atoms with E-state index in [4.69, 9.17) is 9.84 Å². The molecule has 0 aromatic heterocycles. The third-order valence-electron chi connectivity index (χ3n) is 2.49. The Morgan fingerprint density at radius 2 is 2.10 bits per heavy atom. The molecule has 0 radical (unpaired) electrons. The van der Waals surface area contributed by atoms with Crippen LogP contribution in [0.25, 0.3) is 0 Å². The van der Waals surface area contributed by atoms with Crippen molar-refractivity contribution in [3.05, 3.63) is 28.5 Å². The zero-order chi connectivity index (χ0) is 15.3. The maximum Gasteiger partial charge on any atom is 0.323 e. The minimum atomic E-state index is -1.09. The summed E-state index contributed by atoms with van der Waals surface area (Å²) in [4.78, 5) is 23.8. The molecule has 0 saturated carbocycles. The molecule has 0 atom stereocenters. The Morgan fingerprint density at radius 1 is 1.45 bits per heavy atom. The Morgan fingerprint density at radius 3 is 2.60 bits per heavy atom. The molecule has 0 aliphatic carbocycles. The number of nitrogens with zero attached hydrogens (tertiary/aromatic N) is 1. The summed E-state index contributed by atoms with van der Waals surface area (Å²) in [6.07, 6.45) is 0. The summed E-state index contributed by atoms with van der Waals surface area (Å²) in [7, 11) is 0. The third-order valence-corrected chi connectivity index (χ3v) is 3.11. The second-order valence-electron chi connectivity index (χ2n) is 4.37. The van der Waals surface area contributed by atoms with Crippen molar-refractivity contribution in [2.45, 2.75) is 19.9 Å². The average molecular weight is 348 g/mol. The highest BCUT2D eigenvalue weighted by atomic mass is 79.9. The third kappa shape index (κ3) is 4.80. The lowest BCUT2D eigenvalue weighted by molar-refractivity contribution is -0.146. The largest absolute Gasteiger partial charge is 0.483 e. The van der Waals surface area contributed by atoms with E-state index in [1.165, 1.54) is 23.1 Å². The predicted octanol–water partition coefficient (Wildman–Crippen LogP) is 2.29. The molecule has 1 aromatic carbocycles. The molecule has 0 saturated heterocycles. The maximum atomic E-state index is 12.9. The van der Waals surface area contributed by atoms with Gasteiger partial charge in [0.1, 0.15) is 18.1 Å². The number of carboxylic acid groups (broad SMARTS) is 1. The van der Waals surface area contributed by atoms with Crippen LogP contribution in [0.1, 0.15) is 13.8 Å². The fraction of sp³-hybridized carbons (Fsp3) is 0.385.